The zero-order valence-electron chi connectivity index (χ0n) is 18.2. The summed E-state index contributed by atoms with van der Waals surface area (Å²) in [6.07, 6.45) is 1.63. The SMILES string of the molecule is CCCc1cc(=O)oc2c1c(OCCN1CCOCC1)cc1oc(-c3noc(C)n3)cc12. The van der Waals surface area contributed by atoms with Crippen molar-refractivity contribution in [1.82, 2.24) is 15.0 Å². The normalized spacial score (nSPS) is 15.1. The molecule has 0 aliphatic carbocycles. The highest BCUT2D eigenvalue weighted by atomic mass is 16.5. The molecule has 4 heterocycles. The van der Waals surface area contributed by atoms with Gasteiger partial charge in [0.2, 0.25) is 11.7 Å². The Kier molecular flexibility index (Phi) is 5.67. The van der Waals surface area contributed by atoms with E-state index in [1.807, 2.05) is 6.07 Å². The van der Waals surface area contributed by atoms with Crippen molar-refractivity contribution in [3.63, 3.8) is 0 Å². The molecule has 9 heteroatoms. The average molecular weight is 439 g/mol. The van der Waals surface area contributed by atoms with Crippen molar-refractivity contribution in [1.29, 1.82) is 0 Å². The van der Waals surface area contributed by atoms with Crippen LogP contribution in [0.25, 0.3) is 33.5 Å². The Morgan fingerprint density at radius 3 is 2.75 bits per heavy atom. The fourth-order valence-corrected chi connectivity index (χ4v) is 4.08. The summed E-state index contributed by atoms with van der Waals surface area (Å²) in [4.78, 5) is 18.9. The average Bonchev–Trinajstić information content (AvgIpc) is 3.40. The van der Waals surface area contributed by atoms with Gasteiger partial charge in [-0.3, -0.25) is 4.90 Å². The zero-order chi connectivity index (χ0) is 22.1. The van der Waals surface area contributed by atoms with Crippen molar-refractivity contribution >= 4 is 21.9 Å². The molecular formula is C23H25N3O6. The number of morpholine rings is 1. The second-order valence-corrected chi connectivity index (χ2v) is 7.88. The Morgan fingerprint density at radius 1 is 1.16 bits per heavy atom. The molecule has 3 aromatic heterocycles. The van der Waals surface area contributed by atoms with Crippen molar-refractivity contribution in [2.45, 2.75) is 26.7 Å². The molecule has 0 bridgehead atoms. The van der Waals surface area contributed by atoms with Gasteiger partial charge in [-0.15, -0.1) is 0 Å². The predicted octanol–water partition coefficient (Wildman–Crippen LogP) is 3.56. The maximum absolute atomic E-state index is 12.3. The van der Waals surface area contributed by atoms with Crippen LogP contribution >= 0.6 is 0 Å². The Hall–Kier alpha value is -3.17. The van der Waals surface area contributed by atoms with Gasteiger partial charge in [0.1, 0.15) is 17.9 Å². The fraction of sp³-hybridized carbons (Fsp3) is 0.435. The molecule has 1 aliphatic rings. The van der Waals surface area contributed by atoms with E-state index < -0.39 is 5.63 Å². The molecule has 4 aromatic rings. The maximum Gasteiger partial charge on any atom is 0.336 e. The summed E-state index contributed by atoms with van der Waals surface area (Å²) in [7, 11) is 0. The van der Waals surface area contributed by atoms with Gasteiger partial charge in [-0.25, -0.2) is 4.79 Å². The highest BCUT2D eigenvalue weighted by Crippen LogP contribution is 2.38. The summed E-state index contributed by atoms with van der Waals surface area (Å²) in [5.41, 5.74) is 1.49. The van der Waals surface area contributed by atoms with Gasteiger partial charge < -0.3 is 22.8 Å². The molecule has 168 valence electrons. The van der Waals surface area contributed by atoms with E-state index in [2.05, 4.69) is 22.0 Å². The molecule has 5 rings (SSSR count). The first kappa shape index (κ1) is 20.7. The third-order valence-electron chi connectivity index (χ3n) is 5.59. The van der Waals surface area contributed by atoms with E-state index in [0.29, 0.717) is 46.4 Å². The first-order chi connectivity index (χ1) is 15.6. The Morgan fingerprint density at radius 2 is 2.00 bits per heavy atom. The summed E-state index contributed by atoms with van der Waals surface area (Å²) in [5, 5.41) is 5.41. The van der Waals surface area contributed by atoms with E-state index in [-0.39, 0.29) is 0 Å². The molecule has 0 unspecified atom stereocenters. The van der Waals surface area contributed by atoms with Gasteiger partial charge in [0.05, 0.1) is 24.0 Å². The minimum absolute atomic E-state index is 0.341. The van der Waals surface area contributed by atoms with E-state index in [4.69, 9.17) is 22.8 Å². The van der Waals surface area contributed by atoms with E-state index in [0.717, 1.165) is 56.6 Å². The van der Waals surface area contributed by atoms with E-state index >= 15 is 0 Å². The van der Waals surface area contributed by atoms with Gasteiger partial charge in [-0.2, -0.15) is 4.98 Å². The number of furan rings is 1. The van der Waals surface area contributed by atoms with Crippen molar-refractivity contribution in [3.05, 3.63) is 40.1 Å². The third-order valence-corrected chi connectivity index (χ3v) is 5.59. The second kappa shape index (κ2) is 8.76. The summed E-state index contributed by atoms with van der Waals surface area (Å²) >= 11 is 0. The molecule has 32 heavy (non-hydrogen) atoms. The predicted molar refractivity (Wildman–Crippen MR) is 117 cm³/mol. The lowest BCUT2D eigenvalue weighted by molar-refractivity contribution is 0.0323. The van der Waals surface area contributed by atoms with Crippen LogP contribution in [0.1, 0.15) is 24.8 Å². The number of rotatable bonds is 7. The lowest BCUT2D eigenvalue weighted by Crippen LogP contribution is -2.38. The minimum atomic E-state index is -0.397. The van der Waals surface area contributed by atoms with Crippen LogP contribution in [0.3, 0.4) is 0 Å². The van der Waals surface area contributed by atoms with Crippen LogP contribution in [0.4, 0.5) is 0 Å². The Balaban J connectivity index is 1.58. The lowest BCUT2D eigenvalue weighted by atomic mass is 10.0. The Labute approximate surface area is 183 Å². The number of nitrogens with zero attached hydrogens (tertiary/aromatic N) is 3. The lowest BCUT2D eigenvalue weighted by Gasteiger charge is -2.26. The molecule has 0 saturated carbocycles. The fourth-order valence-electron chi connectivity index (χ4n) is 4.08. The largest absolute Gasteiger partial charge is 0.491 e. The van der Waals surface area contributed by atoms with E-state index in [1.165, 1.54) is 0 Å². The number of benzene rings is 1. The molecule has 0 radical (unpaired) electrons. The molecule has 0 amide bonds. The molecule has 0 spiro atoms. The Bertz CT molecular complexity index is 1300. The number of aromatic nitrogens is 2. The quantitative estimate of drug-likeness (QED) is 0.400. The molecule has 0 atom stereocenters. The molecule has 1 fully saturated rings. The standard InChI is InChI=1S/C23H25N3O6/c1-3-4-15-11-20(27)31-22-16-12-19(23-24-14(2)32-25-23)30-17(16)13-18(21(15)22)29-10-7-26-5-8-28-9-6-26/h11-13H,3-10H2,1-2H3. The first-order valence-electron chi connectivity index (χ1n) is 10.9. The van der Waals surface area contributed by atoms with E-state index in [9.17, 15) is 4.79 Å². The van der Waals surface area contributed by atoms with Crippen molar-refractivity contribution in [3.8, 4) is 17.3 Å². The van der Waals surface area contributed by atoms with Crippen LogP contribution in [-0.4, -0.2) is 54.5 Å². The van der Waals surface area contributed by atoms with Crippen LogP contribution in [0.5, 0.6) is 5.75 Å². The second-order valence-electron chi connectivity index (χ2n) is 7.88. The molecule has 9 nitrogen and oxygen atoms in total. The maximum atomic E-state index is 12.3. The summed E-state index contributed by atoms with van der Waals surface area (Å²) in [6.45, 7) is 8.35. The van der Waals surface area contributed by atoms with Crippen LogP contribution in [-0.2, 0) is 11.2 Å². The minimum Gasteiger partial charge on any atom is -0.491 e. The topological polar surface area (TPSA) is 104 Å². The van der Waals surface area contributed by atoms with Gasteiger partial charge in [0.15, 0.2) is 11.3 Å². The third kappa shape index (κ3) is 4.01. The molecule has 1 saturated heterocycles. The summed E-state index contributed by atoms with van der Waals surface area (Å²) in [5.74, 6) is 1.85. The number of hydrogen-bond donors (Lipinski definition) is 0. The molecule has 0 N–H and O–H groups in total. The van der Waals surface area contributed by atoms with E-state index in [1.54, 1.807) is 19.1 Å². The van der Waals surface area contributed by atoms with Crippen LogP contribution in [0, 0.1) is 6.92 Å². The van der Waals surface area contributed by atoms with Crippen LogP contribution < -0.4 is 10.4 Å². The van der Waals surface area contributed by atoms with Crippen molar-refractivity contribution in [2.75, 3.05) is 39.5 Å². The molecule has 1 aromatic carbocycles. The number of ether oxygens (including phenoxy) is 2. The summed E-state index contributed by atoms with van der Waals surface area (Å²) < 4.78 is 28.4. The number of fused-ring (bicyclic) bond motifs is 3. The number of aryl methyl sites for hydroxylation is 2. The summed E-state index contributed by atoms with van der Waals surface area (Å²) in [6, 6.07) is 5.18. The van der Waals surface area contributed by atoms with Crippen LogP contribution in [0.15, 0.2) is 36.4 Å². The van der Waals surface area contributed by atoms with Gasteiger partial charge >= 0.3 is 5.63 Å². The van der Waals surface area contributed by atoms with Crippen molar-refractivity contribution < 1.29 is 22.8 Å². The highest BCUT2D eigenvalue weighted by Gasteiger charge is 2.21. The first-order valence-corrected chi connectivity index (χ1v) is 10.9. The smallest absolute Gasteiger partial charge is 0.336 e. The molecule has 1 aliphatic heterocycles. The molecular weight excluding hydrogens is 414 g/mol. The highest BCUT2D eigenvalue weighted by molar-refractivity contribution is 6.07. The van der Waals surface area contributed by atoms with Gasteiger partial charge in [0, 0.05) is 38.7 Å². The monoisotopic (exact) mass is 439 g/mol. The van der Waals surface area contributed by atoms with Crippen LogP contribution in [0.2, 0.25) is 0 Å². The van der Waals surface area contributed by atoms with Gasteiger partial charge in [-0.05, 0) is 18.1 Å². The zero-order valence-corrected chi connectivity index (χ0v) is 18.2. The van der Waals surface area contributed by atoms with Gasteiger partial charge in [-0.1, -0.05) is 18.5 Å². The van der Waals surface area contributed by atoms with Crippen molar-refractivity contribution in [2.24, 2.45) is 0 Å². The van der Waals surface area contributed by atoms with Gasteiger partial charge in [0.25, 0.3) is 0 Å². The number of hydrogen-bond acceptors (Lipinski definition) is 9.